The predicted octanol–water partition coefficient (Wildman–Crippen LogP) is 2.26. The van der Waals surface area contributed by atoms with Gasteiger partial charge in [0, 0.05) is 32.4 Å². The number of hydrogen-bond acceptors (Lipinski definition) is 4. The fourth-order valence-electron chi connectivity index (χ4n) is 2.55. The number of anilines is 1. The van der Waals surface area contributed by atoms with Crippen LogP contribution in [0.25, 0.3) is 0 Å². The molecule has 0 fully saturated rings. The quantitative estimate of drug-likeness (QED) is 0.802. The second-order valence-corrected chi connectivity index (χ2v) is 8.99. The van der Waals surface area contributed by atoms with Crippen molar-refractivity contribution in [1.29, 1.82) is 0 Å². The predicted molar refractivity (Wildman–Crippen MR) is 109 cm³/mol. The van der Waals surface area contributed by atoms with Gasteiger partial charge in [-0.15, -0.1) is 0 Å². The minimum atomic E-state index is -3.56. The van der Waals surface area contributed by atoms with E-state index in [-0.39, 0.29) is 23.3 Å². The zero-order chi connectivity index (χ0) is 21.1. The van der Waals surface area contributed by atoms with Crippen LogP contribution in [-0.4, -0.2) is 57.1 Å². The maximum atomic E-state index is 12.5. The first-order valence-electron chi connectivity index (χ1n) is 8.67. The topological polar surface area (TPSA) is 86.8 Å². The number of hydrogen-bond donors (Lipinski definition) is 1. The maximum Gasteiger partial charge on any atom is 0.254 e. The molecule has 2 aromatic carbocycles. The summed E-state index contributed by atoms with van der Waals surface area (Å²) in [6.07, 6.45) is 0. The fourth-order valence-corrected chi connectivity index (χ4v) is 3.45. The number of benzene rings is 2. The van der Waals surface area contributed by atoms with Crippen LogP contribution in [0.3, 0.4) is 0 Å². The van der Waals surface area contributed by atoms with Gasteiger partial charge in [-0.05, 0) is 55.3 Å². The average molecular weight is 404 g/mol. The molecule has 2 amide bonds. The Morgan fingerprint density at radius 2 is 1.57 bits per heavy atom. The van der Waals surface area contributed by atoms with Crippen molar-refractivity contribution in [1.82, 2.24) is 9.21 Å². The average Bonchev–Trinajstić information content (AvgIpc) is 2.64. The highest BCUT2D eigenvalue weighted by Gasteiger charge is 2.19. The van der Waals surface area contributed by atoms with E-state index in [4.69, 9.17) is 0 Å². The Labute approximate surface area is 166 Å². The summed E-state index contributed by atoms with van der Waals surface area (Å²) < 4.78 is 25.3. The molecule has 28 heavy (non-hydrogen) atoms. The van der Waals surface area contributed by atoms with Crippen LogP contribution in [0, 0.1) is 13.8 Å². The van der Waals surface area contributed by atoms with Gasteiger partial charge in [-0.1, -0.05) is 12.1 Å². The molecule has 2 aromatic rings. The molecule has 2 rings (SSSR count). The summed E-state index contributed by atoms with van der Waals surface area (Å²) in [6.45, 7) is 3.71. The maximum absolute atomic E-state index is 12.5. The van der Waals surface area contributed by atoms with Crippen molar-refractivity contribution >= 4 is 27.5 Å². The van der Waals surface area contributed by atoms with Crippen molar-refractivity contribution in [2.24, 2.45) is 0 Å². The Hall–Kier alpha value is -2.71. The molecule has 0 saturated carbocycles. The fraction of sp³-hybridized carbons (Fsp3) is 0.300. The van der Waals surface area contributed by atoms with Crippen molar-refractivity contribution in [2.75, 3.05) is 33.0 Å². The van der Waals surface area contributed by atoms with Gasteiger partial charge in [-0.25, -0.2) is 12.7 Å². The molecular weight excluding hydrogens is 378 g/mol. The number of carbonyl (C=O) groups is 2. The van der Waals surface area contributed by atoms with Crippen molar-refractivity contribution in [2.45, 2.75) is 18.7 Å². The number of rotatable bonds is 6. The molecule has 0 aliphatic carbocycles. The highest BCUT2D eigenvalue weighted by atomic mass is 32.2. The molecule has 150 valence electrons. The monoisotopic (exact) mass is 403 g/mol. The summed E-state index contributed by atoms with van der Waals surface area (Å²) in [4.78, 5) is 26.2. The van der Waals surface area contributed by atoms with Crippen molar-refractivity contribution in [3.05, 3.63) is 59.2 Å². The van der Waals surface area contributed by atoms with Crippen LogP contribution in [-0.2, 0) is 14.8 Å². The highest BCUT2D eigenvalue weighted by molar-refractivity contribution is 7.89. The Bertz CT molecular complexity index is 983. The summed E-state index contributed by atoms with van der Waals surface area (Å²) in [5.74, 6) is -0.679. The van der Waals surface area contributed by atoms with E-state index in [2.05, 4.69) is 5.32 Å². The zero-order valence-corrected chi connectivity index (χ0v) is 17.5. The first-order chi connectivity index (χ1) is 13.0. The Morgan fingerprint density at radius 1 is 0.964 bits per heavy atom. The van der Waals surface area contributed by atoms with Crippen LogP contribution in [0.1, 0.15) is 21.5 Å². The van der Waals surface area contributed by atoms with Crippen molar-refractivity contribution in [3.63, 3.8) is 0 Å². The number of likely N-dealkylation sites (N-methyl/N-ethyl adjacent to an activating group) is 1. The summed E-state index contributed by atoms with van der Waals surface area (Å²) in [5.41, 5.74) is 2.98. The first kappa shape index (κ1) is 21.6. The lowest BCUT2D eigenvalue weighted by Gasteiger charge is -2.18. The minimum absolute atomic E-state index is 0.101. The van der Waals surface area contributed by atoms with Gasteiger partial charge in [-0.3, -0.25) is 9.59 Å². The van der Waals surface area contributed by atoms with Gasteiger partial charge in [0.1, 0.15) is 0 Å². The van der Waals surface area contributed by atoms with Gasteiger partial charge in [-0.2, -0.15) is 0 Å². The van der Waals surface area contributed by atoms with Crippen molar-refractivity contribution in [3.8, 4) is 0 Å². The van der Waals surface area contributed by atoms with Crippen LogP contribution in [0.4, 0.5) is 5.69 Å². The molecule has 0 aromatic heterocycles. The smallest absolute Gasteiger partial charge is 0.254 e. The number of nitrogens with zero attached hydrogens (tertiary/aromatic N) is 2. The van der Waals surface area contributed by atoms with E-state index in [0.717, 1.165) is 15.4 Å². The SMILES string of the molecule is Cc1ccc(C)c(NC(=O)CN(C)C(=O)c2ccc(S(=O)(=O)N(C)C)cc2)c1. The summed E-state index contributed by atoms with van der Waals surface area (Å²) in [5, 5.41) is 2.81. The van der Waals surface area contributed by atoms with E-state index in [1.165, 1.54) is 50.3 Å². The molecular formula is C20H25N3O4S. The van der Waals surface area contributed by atoms with E-state index >= 15 is 0 Å². The van der Waals surface area contributed by atoms with Gasteiger partial charge in [0.05, 0.1) is 11.4 Å². The van der Waals surface area contributed by atoms with Crippen LogP contribution in [0.5, 0.6) is 0 Å². The summed E-state index contributed by atoms with van der Waals surface area (Å²) in [6, 6.07) is 11.4. The molecule has 0 unspecified atom stereocenters. The van der Waals surface area contributed by atoms with E-state index in [9.17, 15) is 18.0 Å². The Kier molecular flexibility index (Phi) is 6.58. The molecule has 0 atom stereocenters. The lowest BCUT2D eigenvalue weighted by Crippen LogP contribution is -2.35. The van der Waals surface area contributed by atoms with Crippen LogP contribution >= 0.6 is 0 Å². The summed E-state index contributed by atoms with van der Waals surface area (Å²) >= 11 is 0. The molecule has 0 aliphatic rings. The third-order valence-corrected chi connectivity index (χ3v) is 6.10. The molecule has 1 N–H and O–H groups in total. The lowest BCUT2D eigenvalue weighted by molar-refractivity contribution is -0.116. The second kappa shape index (κ2) is 8.53. The minimum Gasteiger partial charge on any atom is -0.332 e. The van der Waals surface area contributed by atoms with Crippen molar-refractivity contribution < 1.29 is 18.0 Å². The molecule has 0 aliphatic heterocycles. The van der Waals surface area contributed by atoms with Crippen LogP contribution in [0.15, 0.2) is 47.4 Å². The van der Waals surface area contributed by atoms with Gasteiger partial charge < -0.3 is 10.2 Å². The third kappa shape index (κ3) is 4.96. The number of aryl methyl sites for hydroxylation is 2. The number of amides is 2. The molecule has 7 nitrogen and oxygen atoms in total. The molecule has 0 spiro atoms. The van der Waals surface area contributed by atoms with Gasteiger partial charge in [0.15, 0.2) is 0 Å². The highest BCUT2D eigenvalue weighted by Crippen LogP contribution is 2.17. The third-order valence-electron chi connectivity index (χ3n) is 4.27. The lowest BCUT2D eigenvalue weighted by atomic mass is 10.1. The van der Waals surface area contributed by atoms with E-state index in [1.54, 1.807) is 0 Å². The second-order valence-electron chi connectivity index (χ2n) is 6.84. The number of sulfonamides is 1. The van der Waals surface area contributed by atoms with Gasteiger partial charge in [0.2, 0.25) is 15.9 Å². The largest absolute Gasteiger partial charge is 0.332 e. The standard InChI is InChI=1S/C20H25N3O4S/c1-14-6-7-15(2)18(12-14)21-19(24)13-23(5)20(25)16-8-10-17(11-9-16)28(26,27)22(3)4/h6-12H,13H2,1-5H3,(H,21,24). The molecule has 0 radical (unpaired) electrons. The van der Waals surface area contributed by atoms with Crippen LogP contribution in [0.2, 0.25) is 0 Å². The number of nitrogens with one attached hydrogen (secondary N) is 1. The molecule has 0 heterocycles. The zero-order valence-electron chi connectivity index (χ0n) is 16.7. The van der Waals surface area contributed by atoms with E-state index in [0.29, 0.717) is 11.3 Å². The Balaban J connectivity index is 2.06. The molecule has 8 heteroatoms. The van der Waals surface area contributed by atoms with E-state index < -0.39 is 10.0 Å². The van der Waals surface area contributed by atoms with Gasteiger partial charge >= 0.3 is 0 Å². The number of carbonyl (C=O) groups excluding carboxylic acids is 2. The molecule has 0 saturated heterocycles. The van der Waals surface area contributed by atoms with Crippen LogP contribution < -0.4 is 5.32 Å². The molecule has 0 bridgehead atoms. The Morgan fingerprint density at radius 3 is 2.14 bits per heavy atom. The summed E-state index contributed by atoms with van der Waals surface area (Å²) in [7, 11) is 0.849. The first-order valence-corrected chi connectivity index (χ1v) is 10.1. The normalized spacial score (nSPS) is 11.4. The van der Waals surface area contributed by atoms with E-state index in [1.807, 2.05) is 32.0 Å². The van der Waals surface area contributed by atoms with Gasteiger partial charge in [0.25, 0.3) is 5.91 Å².